The summed E-state index contributed by atoms with van der Waals surface area (Å²) in [5.41, 5.74) is -0.905. The highest BCUT2D eigenvalue weighted by Crippen LogP contribution is 2.36. The van der Waals surface area contributed by atoms with Gasteiger partial charge in [0.1, 0.15) is 12.0 Å². The normalized spacial score (nSPS) is 16.5. The van der Waals surface area contributed by atoms with E-state index in [1.807, 2.05) is 13.8 Å². The van der Waals surface area contributed by atoms with E-state index in [0.29, 0.717) is 18.1 Å². The Labute approximate surface area is 162 Å². The molecule has 0 aromatic carbocycles. The smallest absolute Gasteiger partial charge is 0.295 e. The van der Waals surface area contributed by atoms with Crippen LogP contribution in [0.5, 0.6) is 0 Å². The van der Waals surface area contributed by atoms with Gasteiger partial charge >= 0.3 is 0 Å². The highest BCUT2D eigenvalue weighted by atomic mass is 16.4. The molecule has 0 unspecified atom stereocenters. The maximum Gasteiger partial charge on any atom is 0.295 e. The summed E-state index contributed by atoms with van der Waals surface area (Å²) in [6.45, 7) is 7.83. The second-order valence-electron chi connectivity index (χ2n) is 8.29. The molecule has 3 rings (SSSR count). The van der Waals surface area contributed by atoms with Crippen molar-refractivity contribution in [3.8, 4) is 0 Å². The highest BCUT2D eigenvalue weighted by molar-refractivity contribution is 6.07. The number of oxazole rings is 1. The Morgan fingerprint density at radius 1 is 1.43 bits per heavy atom. The van der Waals surface area contributed by atoms with Crippen LogP contribution in [-0.4, -0.2) is 50.4 Å². The Kier molecular flexibility index (Phi) is 4.92. The lowest BCUT2D eigenvalue weighted by Crippen LogP contribution is -2.32. The van der Waals surface area contributed by atoms with E-state index < -0.39 is 16.9 Å². The van der Waals surface area contributed by atoms with Crippen molar-refractivity contribution in [3.05, 3.63) is 18.2 Å². The van der Waals surface area contributed by atoms with E-state index in [2.05, 4.69) is 20.7 Å². The molecule has 2 amide bonds. The van der Waals surface area contributed by atoms with Crippen molar-refractivity contribution >= 4 is 29.3 Å². The van der Waals surface area contributed by atoms with Gasteiger partial charge < -0.3 is 20.2 Å². The third-order valence-corrected chi connectivity index (χ3v) is 4.51. The van der Waals surface area contributed by atoms with Crippen LogP contribution < -0.4 is 15.5 Å². The van der Waals surface area contributed by atoms with Crippen molar-refractivity contribution < 1.29 is 19.1 Å². The van der Waals surface area contributed by atoms with Crippen molar-refractivity contribution in [1.29, 1.82) is 0 Å². The lowest BCUT2D eigenvalue weighted by atomic mass is 9.92. The Balaban J connectivity index is 1.74. The van der Waals surface area contributed by atoms with Crippen LogP contribution in [0.25, 0.3) is 0 Å². The van der Waals surface area contributed by atoms with E-state index in [1.165, 1.54) is 6.26 Å². The van der Waals surface area contributed by atoms with Crippen molar-refractivity contribution in [2.45, 2.75) is 39.7 Å². The lowest BCUT2D eigenvalue weighted by molar-refractivity contribution is -0.124. The fourth-order valence-electron chi connectivity index (χ4n) is 2.87. The number of carbonyl (C=O) groups excluding carboxylic acids is 2. The fraction of sp³-hybridized carbons (Fsp3) is 0.556. The molecular weight excluding hydrogens is 364 g/mol. The number of hydrogen-bond donors (Lipinski definition) is 3. The summed E-state index contributed by atoms with van der Waals surface area (Å²) in [4.78, 5) is 30.8. The zero-order valence-electron chi connectivity index (χ0n) is 16.7. The molecule has 1 aliphatic rings. The number of anilines is 3. The molecule has 28 heavy (non-hydrogen) atoms. The monoisotopic (exact) mass is 390 g/mol. The van der Waals surface area contributed by atoms with Crippen LogP contribution >= 0.6 is 0 Å². The quantitative estimate of drug-likeness (QED) is 0.684. The predicted octanol–water partition coefficient (Wildman–Crippen LogP) is 1.61. The van der Waals surface area contributed by atoms with Gasteiger partial charge in [-0.15, -0.1) is 0 Å². The molecule has 1 saturated heterocycles. The molecule has 2 aromatic heterocycles. The van der Waals surface area contributed by atoms with Crippen LogP contribution in [0.3, 0.4) is 0 Å². The fourth-order valence-corrected chi connectivity index (χ4v) is 2.87. The molecule has 0 radical (unpaired) electrons. The molecule has 0 saturated carbocycles. The summed E-state index contributed by atoms with van der Waals surface area (Å²) in [5.74, 6) is -0.100. The van der Waals surface area contributed by atoms with Crippen LogP contribution in [-0.2, 0) is 11.8 Å². The van der Waals surface area contributed by atoms with Gasteiger partial charge in [-0.25, -0.2) is 0 Å². The molecule has 3 N–H and O–H groups in total. The second-order valence-corrected chi connectivity index (χ2v) is 8.29. The number of aromatic nitrogens is 3. The van der Waals surface area contributed by atoms with Crippen LogP contribution in [0.15, 0.2) is 16.9 Å². The molecule has 0 bridgehead atoms. The van der Waals surface area contributed by atoms with Gasteiger partial charge in [0.15, 0.2) is 11.5 Å². The SMILES string of the molecule is Cn1cc(NC(=O)c2coc(NCC(C)(C)O)n2)c(N2CCC(C)(C)C2=O)n1. The van der Waals surface area contributed by atoms with Gasteiger partial charge in [-0.2, -0.15) is 10.1 Å². The van der Waals surface area contributed by atoms with Gasteiger partial charge in [-0.05, 0) is 20.3 Å². The molecule has 0 aliphatic carbocycles. The molecule has 152 valence electrons. The largest absolute Gasteiger partial charge is 0.431 e. The van der Waals surface area contributed by atoms with Gasteiger partial charge in [0.2, 0.25) is 5.91 Å². The van der Waals surface area contributed by atoms with Crippen LogP contribution in [0.2, 0.25) is 0 Å². The first kappa shape index (κ1) is 19.9. The minimum absolute atomic E-state index is 0.0266. The average Bonchev–Trinajstić information content (AvgIpc) is 3.25. The molecule has 1 fully saturated rings. The van der Waals surface area contributed by atoms with Crippen molar-refractivity contribution in [2.24, 2.45) is 12.5 Å². The summed E-state index contributed by atoms with van der Waals surface area (Å²) < 4.78 is 6.76. The van der Waals surface area contributed by atoms with Crippen LogP contribution in [0.1, 0.15) is 44.6 Å². The number of nitrogens with one attached hydrogen (secondary N) is 2. The molecule has 0 spiro atoms. The second kappa shape index (κ2) is 6.93. The van der Waals surface area contributed by atoms with E-state index in [0.717, 1.165) is 6.42 Å². The third kappa shape index (κ3) is 4.16. The lowest BCUT2D eigenvalue weighted by Gasteiger charge is -2.18. The summed E-state index contributed by atoms with van der Waals surface area (Å²) >= 11 is 0. The Morgan fingerprint density at radius 3 is 2.75 bits per heavy atom. The minimum Gasteiger partial charge on any atom is -0.431 e. The summed E-state index contributed by atoms with van der Waals surface area (Å²) in [5, 5.41) is 19.6. The topological polar surface area (TPSA) is 126 Å². The molecule has 3 heterocycles. The number of hydrogen-bond acceptors (Lipinski definition) is 7. The van der Waals surface area contributed by atoms with Gasteiger partial charge in [0, 0.05) is 25.6 Å². The number of nitrogens with zero attached hydrogens (tertiary/aromatic N) is 4. The summed E-state index contributed by atoms with van der Waals surface area (Å²) in [6, 6.07) is 0.134. The molecule has 10 nitrogen and oxygen atoms in total. The third-order valence-electron chi connectivity index (χ3n) is 4.51. The average molecular weight is 390 g/mol. The maximum absolute atomic E-state index is 12.6. The zero-order chi connectivity index (χ0) is 20.7. The Hall–Kier alpha value is -2.88. The summed E-state index contributed by atoms with van der Waals surface area (Å²) in [6.07, 6.45) is 3.58. The first-order chi connectivity index (χ1) is 13.0. The van der Waals surface area contributed by atoms with E-state index in [1.54, 1.807) is 36.7 Å². The highest BCUT2D eigenvalue weighted by Gasteiger charge is 2.41. The number of amides is 2. The van der Waals surface area contributed by atoms with Gasteiger partial charge in [-0.1, -0.05) is 13.8 Å². The van der Waals surface area contributed by atoms with Crippen molar-refractivity contribution in [1.82, 2.24) is 14.8 Å². The first-order valence-electron chi connectivity index (χ1n) is 9.05. The van der Waals surface area contributed by atoms with E-state index in [4.69, 9.17) is 4.42 Å². The standard InChI is InChI=1S/C18H26N6O4/c1-17(2)6-7-24(15(17)26)13-11(8-23(5)22-13)20-14(25)12-9-28-16(21-12)19-10-18(3,4)27/h8-9,27H,6-7,10H2,1-5H3,(H,19,21)(H,20,25). The maximum atomic E-state index is 12.6. The van der Waals surface area contributed by atoms with Gasteiger partial charge in [0.25, 0.3) is 11.9 Å². The number of aryl methyl sites for hydroxylation is 1. The first-order valence-corrected chi connectivity index (χ1v) is 9.05. The van der Waals surface area contributed by atoms with Gasteiger partial charge in [-0.3, -0.25) is 19.2 Å². The number of aliphatic hydroxyl groups is 1. The van der Waals surface area contributed by atoms with Crippen molar-refractivity contribution in [2.75, 3.05) is 28.6 Å². The van der Waals surface area contributed by atoms with Gasteiger partial charge in [0.05, 0.1) is 11.8 Å². The van der Waals surface area contributed by atoms with E-state index in [-0.39, 0.29) is 24.2 Å². The molecule has 0 atom stereocenters. The number of rotatable bonds is 6. The van der Waals surface area contributed by atoms with E-state index in [9.17, 15) is 14.7 Å². The predicted molar refractivity (Wildman–Crippen MR) is 103 cm³/mol. The minimum atomic E-state index is -0.947. The van der Waals surface area contributed by atoms with Crippen LogP contribution in [0.4, 0.5) is 17.5 Å². The Morgan fingerprint density at radius 2 is 2.14 bits per heavy atom. The Bertz CT molecular complexity index is 892. The number of carbonyl (C=O) groups is 2. The summed E-state index contributed by atoms with van der Waals surface area (Å²) in [7, 11) is 1.72. The molecule has 1 aliphatic heterocycles. The van der Waals surface area contributed by atoms with Crippen molar-refractivity contribution in [3.63, 3.8) is 0 Å². The zero-order valence-corrected chi connectivity index (χ0v) is 16.7. The molecule has 10 heteroatoms. The molecular formula is C18H26N6O4. The van der Waals surface area contributed by atoms with Crippen LogP contribution in [0, 0.1) is 5.41 Å². The molecule has 2 aromatic rings. The van der Waals surface area contributed by atoms with E-state index >= 15 is 0 Å².